The first-order chi connectivity index (χ1) is 19.8. The van der Waals surface area contributed by atoms with Crippen molar-refractivity contribution in [3.05, 3.63) is 49.6 Å². The van der Waals surface area contributed by atoms with Gasteiger partial charge in [0.25, 0.3) is 5.91 Å². The molecular weight excluding hydrogens is 540 g/mol. The number of fused-ring (bicyclic) bond motifs is 1. The Kier molecular flexibility index (Phi) is 10.6. The molecule has 3 aliphatic rings. The summed E-state index contributed by atoms with van der Waals surface area (Å²) in [6.45, 7) is 10.8. The maximum absolute atomic E-state index is 14.6. The van der Waals surface area contributed by atoms with Crippen molar-refractivity contribution in [1.82, 2.24) is 4.90 Å². The van der Waals surface area contributed by atoms with Crippen molar-refractivity contribution in [2.24, 2.45) is 17.8 Å². The second-order valence-corrected chi connectivity index (χ2v) is 12.8. The van der Waals surface area contributed by atoms with Crippen LogP contribution in [-0.2, 0) is 19.1 Å². The summed E-state index contributed by atoms with van der Waals surface area (Å²) >= 11 is 1.66. The summed E-state index contributed by atoms with van der Waals surface area (Å²) < 4.78 is 10.3. The molecule has 1 aromatic rings. The highest BCUT2D eigenvalue weighted by molar-refractivity contribution is 8.02. The molecule has 9 heteroatoms. The summed E-state index contributed by atoms with van der Waals surface area (Å²) in [7, 11) is 1.59. The molecule has 3 fully saturated rings. The molecule has 3 aliphatic heterocycles. The van der Waals surface area contributed by atoms with Crippen LogP contribution in [0.1, 0.15) is 51.9 Å². The van der Waals surface area contributed by atoms with E-state index in [0.717, 1.165) is 32.1 Å². The largest absolute Gasteiger partial charge is 0.497 e. The highest BCUT2D eigenvalue weighted by Gasteiger charge is 2.76. The molecule has 6 atom stereocenters. The van der Waals surface area contributed by atoms with E-state index in [1.54, 1.807) is 34.7 Å². The van der Waals surface area contributed by atoms with Crippen LogP contribution in [-0.4, -0.2) is 77.2 Å². The summed E-state index contributed by atoms with van der Waals surface area (Å²) in [5.74, 6) is -1.02. The van der Waals surface area contributed by atoms with E-state index in [2.05, 4.69) is 20.1 Å². The van der Waals surface area contributed by atoms with Crippen molar-refractivity contribution >= 4 is 35.2 Å². The lowest BCUT2D eigenvalue weighted by Crippen LogP contribution is -2.57. The number of esters is 1. The van der Waals surface area contributed by atoms with Gasteiger partial charge in [0.15, 0.2) is 0 Å². The van der Waals surface area contributed by atoms with Crippen LogP contribution >= 0.6 is 11.8 Å². The SMILES string of the molecule is C=CCCCCOC(=O)[C@@H]1[C@@H]2CC(C)C3(S2)C(C(=O)N(CC=C)c2ccc(OC)cc2)N(CCCCCO)C(=O)[C@H]13. The van der Waals surface area contributed by atoms with Crippen molar-refractivity contribution in [3.63, 3.8) is 0 Å². The first-order valence-corrected chi connectivity index (χ1v) is 15.7. The Balaban J connectivity index is 1.67. The second-order valence-electron chi connectivity index (χ2n) is 11.3. The maximum atomic E-state index is 14.6. The number of methoxy groups -OCH3 is 1. The Morgan fingerprint density at radius 3 is 2.56 bits per heavy atom. The quantitative estimate of drug-likeness (QED) is 0.172. The van der Waals surface area contributed by atoms with Crippen molar-refractivity contribution in [2.75, 3.05) is 38.3 Å². The van der Waals surface area contributed by atoms with Gasteiger partial charge in [0.2, 0.25) is 5.91 Å². The number of carbonyl (C=O) groups excluding carboxylic acids is 3. The topological polar surface area (TPSA) is 96.4 Å². The van der Waals surface area contributed by atoms with Gasteiger partial charge in [-0.25, -0.2) is 0 Å². The Morgan fingerprint density at radius 1 is 1.15 bits per heavy atom. The Hall–Kier alpha value is -2.78. The van der Waals surface area contributed by atoms with E-state index >= 15 is 0 Å². The molecular formula is C32H44N2O6S. The molecule has 3 heterocycles. The number of likely N-dealkylation sites (tertiary alicyclic amines) is 1. The third-order valence-corrected chi connectivity index (χ3v) is 10.9. The lowest BCUT2D eigenvalue weighted by Gasteiger charge is -2.40. The molecule has 2 bridgehead atoms. The summed E-state index contributed by atoms with van der Waals surface area (Å²) in [6.07, 6.45) is 8.86. The highest BCUT2D eigenvalue weighted by atomic mass is 32.2. The highest BCUT2D eigenvalue weighted by Crippen LogP contribution is 2.68. The molecule has 0 aliphatic carbocycles. The smallest absolute Gasteiger partial charge is 0.310 e. The van der Waals surface area contributed by atoms with E-state index in [0.29, 0.717) is 37.4 Å². The fourth-order valence-electron chi connectivity index (χ4n) is 6.90. The molecule has 3 saturated heterocycles. The van der Waals surface area contributed by atoms with Gasteiger partial charge in [-0.1, -0.05) is 19.1 Å². The van der Waals surface area contributed by atoms with Crippen LogP contribution in [0.5, 0.6) is 5.75 Å². The maximum Gasteiger partial charge on any atom is 0.310 e. The number of anilines is 1. The van der Waals surface area contributed by atoms with Gasteiger partial charge in [0.1, 0.15) is 11.8 Å². The lowest BCUT2D eigenvalue weighted by atomic mass is 9.66. The third-order valence-electron chi connectivity index (χ3n) is 8.82. The normalized spacial score (nSPS) is 27.9. The summed E-state index contributed by atoms with van der Waals surface area (Å²) in [5, 5.41) is 9.24. The zero-order valence-electron chi connectivity index (χ0n) is 24.3. The first kappa shape index (κ1) is 31.2. The number of carbonyl (C=O) groups is 3. The van der Waals surface area contributed by atoms with E-state index < -0.39 is 22.6 Å². The Labute approximate surface area is 248 Å². The van der Waals surface area contributed by atoms with Crippen molar-refractivity contribution in [1.29, 1.82) is 0 Å². The molecule has 1 aromatic carbocycles. The number of rotatable bonds is 16. The number of allylic oxidation sites excluding steroid dienone is 1. The Bertz CT molecular complexity index is 1110. The number of ether oxygens (including phenoxy) is 2. The summed E-state index contributed by atoms with van der Waals surface area (Å²) in [6, 6.07) is 6.59. The minimum atomic E-state index is -0.716. The van der Waals surface area contributed by atoms with E-state index in [4.69, 9.17) is 9.47 Å². The molecule has 1 N–H and O–H groups in total. The van der Waals surface area contributed by atoms with Crippen molar-refractivity contribution < 1.29 is 29.0 Å². The average molecular weight is 585 g/mol. The number of hydrogen-bond acceptors (Lipinski definition) is 7. The Morgan fingerprint density at radius 2 is 1.90 bits per heavy atom. The number of thioether (sulfide) groups is 1. The van der Waals surface area contributed by atoms with Gasteiger partial charge in [-0.15, -0.1) is 24.9 Å². The van der Waals surface area contributed by atoms with Crippen LogP contribution in [0.25, 0.3) is 0 Å². The van der Waals surface area contributed by atoms with E-state index in [9.17, 15) is 19.5 Å². The van der Waals surface area contributed by atoms with E-state index in [1.807, 2.05) is 30.3 Å². The fraction of sp³-hybridized carbons (Fsp3) is 0.594. The van der Waals surface area contributed by atoms with Gasteiger partial charge in [0.05, 0.1) is 30.3 Å². The number of unbranched alkanes of at least 4 members (excludes halogenated alkanes) is 4. The summed E-state index contributed by atoms with van der Waals surface area (Å²) in [5.41, 5.74) is 0.698. The number of nitrogens with zero attached hydrogens (tertiary/aromatic N) is 2. The zero-order valence-corrected chi connectivity index (χ0v) is 25.2. The number of benzene rings is 1. The lowest BCUT2D eigenvalue weighted by molar-refractivity contribution is -0.154. The zero-order chi connectivity index (χ0) is 29.6. The third kappa shape index (κ3) is 5.93. The molecule has 8 nitrogen and oxygen atoms in total. The van der Waals surface area contributed by atoms with Crippen molar-refractivity contribution in [2.45, 2.75) is 67.9 Å². The van der Waals surface area contributed by atoms with Gasteiger partial charge >= 0.3 is 5.97 Å². The standard InChI is InChI=1S/C32H44N2O6S/c1-5-7-8-12-20-40-31(38)26-25-21-22(3)32(41-25)27(26)29(36)34(18-10-9-11-19-35)28(32)30(37)33(17-6-2)23-13-15-24(39-4)16-14-23/h5-6,13-16,22,25-28,35H,1-2,7-12,17-21H2,3-4H3/t22?,25-,26+,27-,28?,32?/m0/s1. The average Bonchev–Trinajstić information content (AvgIpc) is 3.57. The molecule has 0 radical (unpaired) electrons. The monoisotopic (exact) mass is 584 g/mol. The summed E-state index contributed by atoms with van der Waals surface area (Å²) in [4.78, 5) is 45.8. The van der Waals surface area contributed by atoms with E-state index in [1.165, 1.54) is 0 Å². The number of aliphatic hydroxyl groups excluding tert-OH is 1. The van der Waals surface area contributed by atoms with Gasteiger partial charge in [-0.3, -0.25) is 14.4 Å². The molecule has 2 amide bonds. The van der Waals surface area contributed by atoms with Crippen LogP contribution in [0.3, 0.4) is 0 Å². The molecule has 1 spiro atoms. The first-order valence-electron chi connectivity index (χ1n) is 14.8. The molecule has 4 rings (SSSR count). The van der Waals surface area contributed by atoms with Gasteiger partial charge < -0.3 is 24.4 Å². The van der Waals surface area contributed by atoms with Crippen molar-refractivity contribution in [3.8, 4) is 5.75 Å². The molecule has 0 aromatic heterocycles. The van der Waals surface area contributed by atoms with Gasteiger partial charge in [0, 0.05) is 30.6 Å². The van der Waals surface area contributed by atoms with Crippen LogP contribution in [0, 0.1) is 17.8 Å². The molecule has 41 heavy (non-hydrogen) atoms. The molecule has 3 unspecified atom stereocenters. The van der Waals surface area contributed by atoms with Crippen LogP contribution < -0.4 is 9.64 Å². The predicted octanol–water partition coefficient (Wildman–Crippen LogP) is 4.61. The molecule has 0 saturated carbocycles. The van der Waals surface area contributed by atoms with Gasteiger partial charge in [-0.05, 0) is 75.1 Å². The number of aliphatic hydroxyl groups is 1. The number of hydrogen-bond donors (Lipinski definition) is 1. The minimum Gasteiger partial charge on any atom is -0.497 e. The van der Waals surface area contributed by atoms with Crippen LogP contribution in [0.4, 0.5) is 5.69 Å². The van der Waals surface area contributed by atoms with E-state index in [-0.39, 0.29) is 42.1 Å². The molecule has 224 valence electrons. The number of amides is 2. The predicted molar refractivity (Wildman–Crippen MR) is 162 cm³/mol. The minimum absolute atomic E-state index is 0.0553. The fourth-order valence-corrected chi connectivity index (χ4v) is 9.30. The second kappa shape index (κ2) is 13.9. The van der Waals surface area contributed by atoms with Crippen LogP contribution in [0.15, 0.2) is 49.6 Å². The van der Waals surface area contributed by atoms with Gasteiger partial charge in [-0.2, -0.15) is 0 Å². The van der Waals surface area contributed by atoms with Crippen LogP contribution in [0.2, 0.25) is 0 Å².